The van der Waals surface area contributed by atoms with Gasteiger partial charge in [0.05, 0.1) is 6.10 Å². The maximum atomic E-state index is 10.1. The van der Waals surface area contributed by atoms with Crippen LogP contribution in [0.25, 0.3) is 0 Å². The van der Waals surface area contributed by atoms with Gasteiger partial charge in [0.25, 0.3) is 0 Å². The normalized spacial score (nSPS) is 13.6. The molecule has 2 heteroatoms. The minimum atomic E-state index is -0.502. The highest BCUT2D eigenvalue weighted by Gasteiger charge is 2.20. The summed E-state index contributed by atoms with van der Waals surface area (Å²) in [6.07, 6.45) is 0.590. The van der Waals surface area contributed by atoms with Gasteiger partial charge >= 0.3 is 0 Å². The zero-order valence-electron chi connectivity index (χ0n) is 10.5. The highest BCUT2D eigenvalue weighted by Crippen LogP contribution is 2.23. The largest absolute Gasteiger partial charge is 0.390 e. The molecule has 0 amide bonds. The van der Waals surface area contributed by atoms with Crippen molar-refractivity contribution in [3.05, 3.63) is 35.9 Å². The van der Waals surface area contributed by atoms with E-state index < -0.39 is 6.10 Å². The lowest BCUT2D eigenvalue weighted by Gasteiger charge is -2.22. The Labute approximate surface area is 104 Å². The maximum Gasteiger partial charge on any atom is 0.108 e. The molecule has 0 bridgehead atoms. The van der Waals surface area contributed by atoms with E-state index in [1.807, 2.05) is 44.2 Å². The number of benzene rings is 1. The monoisotopic (exact) mass is 232 g/mol. The van der Waals surface area contributed by atoms with Crippen LogP contribution >= 0.6 is 0 Å². The molecular formula is C15H20O2. The highest BCUT2D eigenvalue weighted by atomic mass is 16.5. The molecule has 0 aliphatic rings. The van der Waals surface area contributed by atoms with Crippen LogP contribution in [0.1, 0.15) is 38.4 Å². The van der Waals surface area contributed by atoms with Crippen LogP contribution in [-0.4, -0.2) is 17.8 Å². The van der Waals surface area contributed by atoms with Crippen LogP contribution in [0, 0.1) is 11.8 Å². The molecule has 0 spiro atoms. The first-order valence-corrected chi connectivity index (χ1v) is 6.03. The van der Waals surface area contributed by atoms with Crippen LogP contribution in [0.2, 0.25) is 0 Å². The lowest BCUT2D eigenvalue weighted by molar-refractivity contribution is -0.0370. The number of rotatable bonds is 6. The summed E-state index contributed by atoms with van der Waals surface area (Å²) in [5.41, 5.74) is 1.02. The Kier molecular flexibility index (Phi) is 6.39. The van der Waals surface area contributed by atoms with Crippen LogP contribution < -0.4 is 0 Å². The van der Waals surface area contributed by atoms with E-state index in [2.05, 4.69) is 11.8 Å². The lowest BCUT2D eigenvalue weighted by Crippen LogP contribution is -2.21. The van der Waals surface area contributed by atoms with E-state index in [9.17, 15) is 5.11 Å². The zero-order chi connectivity index (χ0) is 12.5. The van der Waals surface area contributed by atoms with Crippen LogP contribution in [0.15, 0.2) is 30.3 Å². The van der Waals surface area contributed by atoms with E-state index >= 15 is 0 Å². The van der Waals surface area contributed by atoms with E-state index in [4.69, 9.17) is 4.74 Å². The first-order chi connectivity index (χ1) is 8.29. The molecule has 0 aromatic heterocycles. The van der Waals surface area contributed by atoms with Crippen molar-refractivity contribution in [1.82, 2.24) is 0 Å². The molecule has 0 saturated carbocycles. The highest BCUT2D eigenvalue weighted by molar-refractivity contribution is 5.18. The van der Waals surface area contributed by atoms with Crippen LogP contribution in [-0.2, 0) is 4.74 Å². The average Bonchev–Trinajstić information content (AvgIpc) is 2.37. The Bertz CT molecular complexity index is 362. The molecule has 2 unspecified atom stereocenters. The van der Waals surface area contributed by atoms with Gasteiger partial charge in [0, 0.05) is 13.0 Å². The fourth-order valence-corrected chi connectivity index (χ4v) is 1.75. The van der Waals surface area contributed by atoms with Crippen molar-refractivity contribution in [3.63, 3.8) is 0 Å². The molecule has 0 aliphatic heterocycles. The molecule has 1 N–H and O–H groups in total. The van der Waals surface area contributed by atoms with E-state index in [1.54, 1.807) is 0 Å². The number of aliphatic hydroxyl groups excluding tert-OH is 1. The molecule has 0 aliphatic carbocycles. The molecule has 0 heterocycles. The summed E-state index contributed by atoms with van der Waals surface area (Å²) in [5, 5.41) is 10.1. The summed E-state index contributed by atoms with van der Waals surface area (Å²) in [6, 6.07) is 9.84. The fraction of sp³-hybridized carbons (Fsp3) is 0.467. The minimum Gasteiger partial charge on any atom is -0.390 e. The first-order valence-electron chi connectivity index (χ1n) is 6.03. The second-order valence-electron chi connectivity index (χ2n) is 3.82. The molecule has 1 rings (SSSR count). The Morgan fingerprint density at radius 3 is 2.59 bits per heavy atom. The predicted molar refractivity (Wildman–Crippen MR) is 69.5 cm³/mol. The minimum absolute atomic E-state index is 0.250. The maximum absolute atomic E-state index is 10.1. The molecular weight excluding hydrogens is 212 g/mol. The summed E-state index contributed by atoms with van der Waals surface area (Å²) in [6.45, 7) is 4.34. The van der Waals surface area contributed by atoms with Gasteiger partial charge in [-0.1, -0.05) is 30.3 Å². The number of hydrogen-bond acceptors (Lipinski definition) is 2. The van der Waals surface area contributed by atoms with E-state index in [1.165, 1.54) is 0 Å². The summed E-state index contributed by atoms with van der Waals surface area (Å²) in [7, 11) is 0. The summed E-state index contributed by atoms with van der Waals surface area (Å²) in [4.78, 5) is 0. The SMILES string of the molecule is CC#CCCC(O)C(OCC)c1ccccc1. The van der Waals surface area contributed by atoms with Gasteiger partial charge in [-0.3, -0.25) is 0 Å². The number of hydrogen-bond donors (Lipinski definition) is 1. The summed E-state index contributed by atoms with van der Waals surface area (Å²) >= 11 is 0. The van der Waals surface area contributed by atoms with E-state index in [-0.39, 0.29) is 6.10 Å². The number of ether oxygens (including phenoxy) is 1. The third-order valence-corrected chi connectivity index (χ3v) is 2.57. The van der Waals surface area contributed by atoms with Gasteiger partial charge in [-0.2, -0.15) is 0 Å². The predicted octanol–water partition coefficient (Wildman–Crippen LogP) is 2.93. The Morgan fingerprint density at radius 1 is 1.29 bits per heavy atom. The van der Waals surface area contributed by atoms with Crippen molar-refractivity contribution in [3.8, 4) is 11.8 Å². The molecule has 2 nitrogen and oxygen atoms in total. The van der Waals surface area contributed by atoms with Gasteiger partial charge < -0.3 is 9.84 Å². The Hall–Kier alpha value is -1.30. The van der Waals surface area contributed by atoms with E-state index in [0.29, 0.717) is 19.4 Å². The summed E-state index contributed by atoms with van der Waals surface area (Å²) in [5.74, 6) is 5.79. The Morgan fingerprint density at radius 2 is 2.00 bits per heavy atom. The van der Waals surface area contributed by atoms with Crippen LogP contribution in [0.5, 0.6) is 0 Å². The van der Waals surface area contributed by atoms with Gasteiger partial charge in [0.2, 0.25) is 0 Å². The summed E-state index contributed by atoms with van der Waals surface area (Å²) < 4.78 is 5.62. The third-order valence-electron chi connectivity index (χ3n) is 2.57. The Balaban J connectivity index is 2.67. The zero-order valence-corrected chi connectivity index (χ0v) is 10.5. The molecule has 92 valence electrons. The van der Waals surface area contributed by atoms with E-state index in [0.717, 1.165) is 5.56 Å². The van der Waals surface area contributed by atoms with Crippen molar-refractivity contribution < 1.29 is 9.84 Å². The van der Waals surface area contributed by atoms with Crippen molar-refractivity contribution in [1.29, 1.82) is 0 Å². The quantitative estimate of drug-likeness (QED) is 0.764. The topological polar surface area (TPSA) is 29.5 Å². The third kappa shape index (κ3) is 4.60. The van der Waals surface area contributed by atoms with Gasteiger partial charge in [0.15, 0.2) is 0 Å². The van der Waals surface area contributed by atoms with Crippen molar-refractivity contribution in [2.75, 3.05) is 6.61 Å². The van der Waals surface area contributed by atoms with Crippen LogP contribution in [0.3, 0.4) is 0 Å². The van der Waals surface area contributed by atoms with Crippen molar-refractivity contribution >= 4 is 0 Å². The second kappa shape index (κ2) is 7.89. The van der Waals surface area contributed by atoms with Gasteiger partial charge in [-0.25, -0.2) is 0 Å². The first kappa shape index (κ1) is 13.8. The average molecular weight is 232 g/mol. The molecule has 0 fully saturated rings. The lowest BCUT2D eigenvalue weighted by atomic mass is 10.0. The molecule has 2 atom stereocenters. The molecule has 0 radical (unpaired) electrons. The molecule has 17 heavy (non-hydrogen) atoms. The molecule has 1 aromatic rings. The van der Waals surface area contributed by atoms with Crippen molar-refractivity contribution in [2.45, 2.75) is 38.9 Å². The van der Waals surface area contributed by atoms with Gasteiger partial charge in [-0.05, 0) is 25.8 Å². The molecule has 0 saturated heterocycles. The standard InChI is InChI=1S/C15H20O2/c1-3-5-7-12-14(16)15(17-4-2)13-10-8-6-9-11-13/h6,8-11,14-16H,4,7,12H2,1-2H3. The fourth-order valence-electron chi connectivity index (χ4n) is 1.75. The van der Waals surface area contributed by atoms with Crippen LogP contribution in [0.4, 0.5) is 0 Å². The number of aliphatic hydroxyl groups is 1. The van der Waals surface area contributed by atoms with Gasteiger partial charge in [0.1, 0.15) is 6.10 Å². The smallest absolute Gasteiger partial charge is 0.108 e. The van der Waals surface area contributed by atoms with Crippen molar-refractivity contribution in [2.24, 2.45) is 0 Å². The van der Waals surface area contributed by atoms with Gasteiger partial charge in [-0.15, -0.1) is 11.8 Å². The second-order valence-corrected chi connectivity index (χ2v) is 3.82. The molecule has 1 aromatic carbocycles.